The van der Waals surface area contributed by atoms with Gasteiger partial charge in [-0.15, -0.1) is 6.58 Å². The van der Waals surface area contributed by atoms with E-state index in [-0.39, 0.29) is 0 Å². The van der Waals surface area contributed by atoms with Gasteiger partial charge < -0.3 is 14.8 Å². The molecule has 0 aromatic heterocycles. The van der Waals surface area contributed by atoms with E-state index in [1.54, 1.807) is 18.2 Å². The minimum Gasteiger partial charge on any atom is -0.490 e. The van der Waals surface area contributed by atoms with Crippen LogP contribution in [0.1, 0.15) is 18.1 Å². The van der Waals surface area contributed by atoms with Crippen LogP contribution in [0.5, 0.6) is 11.5 Å². The van der Waals surface area contributed by atoms with Crippen molar-refractivity contribution >= 4 is 34.8 Å². The molecule has 2 rings (SSSR count). The van der Waals surface area contributed by atoms with E-state index in [1.807, 2.05) is 25.1 Å². The maximum Gasteiger partial charge on any atom is 0.180 e. The van der Waals surface area contributed by atoms with E-state index in [0.717, 1.165) is 17.7 Å². The van der Waals surface area contributed by atoms with Crippen LogP contribution < -0.4 is 14.8 Å². The van der Waals surface area contributed by atoms with Gasteiger partial charge in [-0.2, -0.15) is 0 Å². The summed E-state index contributed by atoms with van der Waals surface area (Å²) in [7, 11) is 0. The van der Waals surface area contributed by atoms with Crippen LogP contribution in [0.2, 0.25) is 15.1 Å². The Morgan fingerprint density at radius 1 is 1.00 bits per heavy atom. The molecule has 0 heterocycles. The van der Waals surface area contributed by atoms with E-state index in [0.29, 0.717) is 46.3 Å². The summed E-state index contributed by atoms with van der Waals surface area (Å²) in [5.41, 5.74) is 1.90. The molecule has 2 aromatic carbocycles. The molecule has 1 N–H and O–H groups in total. The molecule has 0 amide bonds. The van der Waals surface area contributed by atoms with Gasteiger partial charge in [0.25, 0.3) is 0 Å². The van der Waals surface area contributed by atoms with E-state index in [9.17, 15) is 0 Å². The van der Waals surface area contributed by atoms with Gasteiger partial charge >= 0.3 is 0 Å². The summed E-state index contributed by atoms with van der Waals surface area (Å²) in [5.74, 6) is 1.13. The summed E-state index contributed by atoms with van der Waals surface area (Å²) in [6, 6.07) is 9.16. The molecule has 0 aliphatic rings. The number of benzene rings is 2. The van der Waals surface area contributed by atoms with Crippen LogP contribution in [-0.2, 0) is 13.2 Å². The van der Waals surface area contributed by atoms with Crippen LogP contribution in [0, 0.1) is 0 Å². The Bertz CT molecular complexity index is 735. The first-order valence-corrected chi connectivity index (χ1v) is 9.02. The van der Waals surface area contributed by atoms with Crippen LogP contribution >= 0.6 is 34.8 Å². The van der Waals surface area contributed by atoms with Gasteiger partial charge in [-0.05, 0) is 42.3 Å². The monoisotopic (exact) mass is 399 g/mol. The summed E-state index contributed by atoms with van der Waals surface area (Å²) >= 11 is 18.4. The quantitative estimate of drug-likeness (QED) is 0.420. The van der Waals surface area contributed by atoms with Gasteiger partial charge in [-0.1, -0.05) is 46.9 Å². The van der Waals surface area contributed by atoms with Crippen molar-refractivity contribution in [1.82, 2.24) is 5.32 Å². The molecule has 0 radical (unpaired) electrons. The Morgan fingerprint density at radius 3 is 2.44 bits per heavy atom. The van der Waals surface area contributed by atoms with Crippen LogP contribution in [0.4, 0.5) is 0 Å². The average Bonchev–Trinajstić information content (AvgIpc) is 2.58. The fourth-order valence-corrected chi connectivity index (χ4v) is 2.84. The minimum absolute atomic E-state index is 0.310. The Kier molecular flexibility index (Phi) is 7.91. The molecule has 2 aromatic rings. The van der Waals surface area contributed by atoms with Crippen LogP contribution in [-0.4, -0.2) is 13.2 Å². The van der Waals surface area contributed by atoms with E-state index in [1.165, 1.54) is 0 Å². The highest BCUT2D eigenvalue weighted by Gasteiger charge is 2.13. The van der Waals surface area contributed by atoms with Gasteiger partial charge in [0, 0.05) is 13.1 Å². The molecule has 0 saturated carbocycles. The molecular formula is C19H20Cl3NO2. The standard InChI is InChI=1S/C19H20Cl3NO2/c1-3-7-23-11-14-9-17(22)19(18(10-14)24-4-2)25-12-13-5-6-15(20)16(21)8-13/h3,5-6,8-10,23H,1,4,7,11-12H2,2H3. The zero-order valence-electron chi connectivity index (χ0n) is 14.0. The van der Waals surface area contributed by atoms with Gasteiger partial charge in [-0.3, -0.25) is 0 Å². The van der Waals surface area contributed by atoms with Gasteiger partial charge in [0.1, 0.15) is 6.61 Å². The third kappa shape index (κ3) is 5.82. The van der Waals surface area contributed by atoms with Crippen molar-refractivity contribution in [3.05, 3.63) is 69.2 Å². The summed E-state index contributed by atoms with van der Waals surface area (Å²) in [4.78, 5) is 0. The second kappa shape index (κ2) is 9.93. The highest BCUT2D eigenvalue weighted by Crippen LogP contribution is 2.37. The number of ether oxygens (including phenoxy) is 2. The lowest BCUT2D eigenvalue weighted by Crippen LogP contribution is -2.13. The minimum atomic E-state index is 0.310. The molecule has 0 unspecified atom stereocenters. The average molecular weight is 401 g/mol. The molecule has 0 aliphatic carbocycles. The van der Waals surface area contributed by atoms with Crippen molar-refractivity contribution in [2.45, 2.75) is 20.1 Å². The maximum absolute atomic E-state index is 6.41. The van der Waals surface area contributed by atoms with Gasteiger partial charge in [0.15, 0.2) is 11.5 Å². The van der Waals surface area contributed by atoms with Gasteiger partial charge in [0.2, 0.25) is 0 Å². The summed E-state index contributed by atoms with van der Waals surface area (Å²) in [6.07, 6.45) is 1.81. The molecule has 6 heteroatoms. The van der Waals surface area contributed by atoms with Crippen LogP contribution in [0.25, 0.3) is 0 Å². The van der Waals surface area contributed by atoms with Crippen molar-refractivity contribution in [3.63, 3.8) is 0 Å². The predicted octanol–water partition coefficient (Wildman–Crippen LogP) is 5.90. The van der Waals surface area contributed by atoms with Crippen LogP contribution in [0.15, 0.2) is 43.0 Å². The summed E-state index contributed by atoms with van der Waals surface area (Å²) in [6.45, 7) is 7.81. The molecule has 0 bridgehead atoms. The van der Waals surface area contributed by atoms with Crippen LogP contribution in [0.3, 0.4) is 0 Å². The zero-order valence-corrected chi connectivity index (χ0v) is 16.2. The number of hydrogen-bond acceptors (Lipinski definition) is 3. The lowest BCUT2D eigenvalue weighted by atomic mass is 10.2. The van der Waals surface area contributed by atoms with Gasteiger partial charge in [-0.25, -0.2) is 0 Å². The number of nitrogens with one attached hydrogen (secondary N) is 1. The molecule has 0 fully saturated rings. The number of hydrogen-bond donors (Lipinski definition) is 1. The first kappa shape index (κ1) is 19.9. The molecule has 3 nitrogen and oxygen atoms in total. The SMILES string of the molecule is C=CCNCc1cc(Cl)c(OCc2ccc(Cl)c(Cl)c2)c(OCC)c1. The van der Waals surface area contributed by atoms with E-state index in [4.69, 9.17) is 44.3 Å². The lowest BCUT2D eigenvalue weighted by Gasteiger charge is -2.16. The van der Waals surface area contributed by atoms with Crippen molar-refractivity contribution in [2.75, 3.05) is 13.2 Å². The number of halogens is 3. The van der Waals surface area contributed by atoms with E-state index in [2.05, 4.69) is 11.9 Å². The predicted molar refractivity (Wildman–Crippen MR) is 105 cm³/mol. The topological polar surface area (TPSA) is 30.5 Å². The zero-order chi connectivity index (χ0) is 18.2. The Labute approximate surface area is 163 Å². The fraction of sp³-hybridized carbons (Fsp3) is 0.263. The molecule has 25 heavy (non-hydrogen) atoms. The largest absolute Gasteiger partial charge is 0.490 e. The molecule has 0 spiro atoms. The normalized spacial score (nSPS) is 10.6. The Morgan fingerprint density at radius 2 is 1.76 bits per heavy atom. The Balaban J connectivity index is 2.17. The first-order chi connectivity index (χ1) is 12.0. The van der Waals surface area contributed by atoms with Crippen molar-refractivity contribution in [1.29, 1.82) is 0 Å². The maximum atomic E-state index is 6.41. The highest BCUT2D eigenvalue weighted by molar-refractivity contribution is 6.42. The summed E-state index contributed by atoms with van der Waals surface area (Å²) < 4.78 is 11.6. The lowest BCUT2D eigenvalue weighted by molar-refractivity contribution is 0.269. The fourth-order valence-electron chi connectivity index (χ4n) is 2.23. The third-order valence-corrected chi connectivity index (χ3v) is 4.37. The van der Waals surface area contributed by atoms with Crippen molar-refractivity contribution in [2.24, 2.45) is 0 Å². The second-order valence-corrected chi connectivity index (χ2v) is 6.52. The molecule has 0 atom stereocenters. The molecule has 0 aliphatic heterocycles. The smallest absolute Gasteiger partial charge is 0.180 e. The molecule has 134 valence electrons. The Hall–Kier alpha value is -1.39. The molecular weight excluding hydrogens is 381 g/mol. The van der Waals surface area contributed by atoms with Gasteiger partial charge in [0.05, 0.1) is 21.7 Å². The van der Waals surface area contributed by atoms with E-state index >= 15 is 0 Å². The van der Waals surface area contributed by atoms with Crippen molar-refractivity contribution < 1.29 is 9.47 Å². The summed E-state index contributed by atoms with van der Waals surface area (Å²) in [5, 5.41) is 4.74. The van der Waals surface area contributed by atoms with E-state index < -0.39 is 0 Å². The van der Waals surface area contributed by atoms with Crippen molar-refractivity contribution in [3.8, 4) is 11.5 Å². The third-order valence-electron chi connectivity index (χ3n) is 3.35. The second-order valence-electron chi connectivity index (χ2n) is 5.29. The first-order valence-electron chi connectivity index (χ1n) is 7.88. The molecule has 0 saturated heterocycles. The number of rotatable bonds is 9. The highest BCUT2D eigenvalue weighted by atomic mass is 35.5.